The van der Waals surface area contributed by atoms with Crippen molar-refractivity contribution in [3.63, 3.8) is 0 Å². The number of benzene rings is 1. The highest BCUT2D eigenvalue weighted by Gasteiger charge is 2.30. The number of allylic oxidation sites excluding steroid dienone is 4. The Morgan fingerprint density at radius 2 is 1.79 bits per heavy atom. The molecule has 1 nitrogen and oxygen atoms in total. The maximum Gasteiger partial charge on any atom is 0.0642 e. The smallest absolute Gasteiger partial charge is 0.0642 e. The highest BCUT2D eigenvalue weighted by molar-refractivity contribution is 6.42. The van der Waals surface area contributed by atoms with Crippen LogP contribution in [0, 0.1) is 0 Å². The fraction of sp³-hybridized carbons (Fsp3) is 0.286. The van der Waals surface area contributed by atoms with Crippen LogP contribution in [0.1, 0.15) is 11.5 Å². The fourth-order valence-electron chi connectivity index (χ4n) is 2.22. The van der Waals surface area contributed by atoms with Crippen molar-refractivity contribution in [2.75, 3.05) is 19.0 Å². The first-order chi connectivity index (χ1) is 8.93. The highest BCUT2D eigenvalue weighted by atomic mass is 35.5. The van der Waals surface area contributed by atoms with Gasteiger partial charge in [-0.3, -0.25) is 0 Å². The molecule has 0 heterocycles. The van der Waals surface area contributed by atoms with Crippen LogP contribution in [0.3, 0.4) is 0 Å². The lowest BCUT2D eigenvalue weighted by molar-refractivity contribution is 0.836. The topological polar surface area (TPSA) is 3.24 Å². The van der Waals surface area contributed by atoms with Crippen molar-refractivity contribution < 1.29 is 0 Å². The van der Waals surface area contributed by atoms with Crippen molar-refractivity contribution in [3.05, 3.63) is 51.0 Å². The van der Waals surface area contributed by atoms with Gasteiger partial charge in [-0.2, -0.15) is 0 Å². The molecule has 19 heavy (non-hydrogen) atoms. The molecule has 1 aromatic carbocycles. The molecule has 0 radical (unpaired) electrons. The van der Waals surface area contributed by atoms with E-state index >= 15 is 0 Å². The largest absolute Gasteiger partial charge is 0.376 e. The Morgan fingerprint density at radius 3 is 2.42 bits per heavy atom. The first-order valence-corrected chi connectivity index (χ1v) is 7.33. The number of hydrogen-bond donors (Lipinski definition) is 0. The van der Waals surface area contributed by atoms with Gasteiger partial charge in [0.15, 0.2) is 0 Å². The van der Waals surface area contributed by atoms with Crippen LogP contribution in [-0.2, 0) is 0 Å². The molecule has 1 aliphatic carbocycles. The molecule has 0 aliphatic heterocycles. The Hall–Kier alpha value is -0.340. The summed E-state index contributed by atoms with van der Waals surface area (Å²) in [6.07, 6.45) is 3.58. The van der Waals surface area contributed by atoms with Crippen LogP contribution in [0.25, 0.3) is 0 Å². The van der Waals surface area contributed by atoms with Gasteiger partial charge in [0.1, 0.15) is 0 Å². The monoisotopic (exact) mass is 335 g/mol. The van der Waals surface area contributed by atoms with Crippen molar-refractivity contribution in [2.45, 2.75) is 11.3 Å². The molecular formula is C14H13Cl4N. The van der Waals surface area contributed by atoms with Crippen molar-refractivity contribution >= 4 is 52.1 Å². The summed E-state index contributed by atoms with van der Waals surface area (Å²) in [5, 5.41) is 1.50. The SMILES string of the molecule is CN(C)c1c(Cl)cccc1C1C(Cl)=C(Cl)C=CC1Cl. The normalized spacial score (nSPS) is 22.8. The second kappa shape index (κ2) is 5.97. The zero-order valence-corrected chi connectivity index (χ0v) is 13.5. The number of hydrogen-bond acceptors (Lipinski definition) is 1. The van der Waals surface area contributed by atoms with Crippen molar-refractivity contribution in [3.8, 4) is 0 Å². The van der Waals surface area contributed by atoms with Gasteiger partial charge in [-0.1, -0.05) is 53.0 Å². The second-order valence-corrected chi connectivity index (χ2v) is 6.27. The molecule has 0 fully saturated rings. The lowest BCUT2D eigenvalue weighted by Gasteiger charge is -2.28. The minimum atomic E-state index is -0.243. The molecule has 0 amide bonds. The van der Waals surface area contributed by atoms with Crippen LogP contribution in [0.2, 0.25) is 5.02 Å². The Morgan fingerprint density at radius 1 is 1.11 bits per heavy atom. The van der Waals surface area contributed by atoms with E-state index < -0.39 is 0 Å². The Kier molecular flexibility index (Phi) is 4.73. The molecule has 1 aliphatic rings. The average Bonchev–Trinajstić information content (AvgIpc) is 2.34. The molecule has 0 N–H and O–H groups in total. The Bertz CT molecular complexity index is 548. The average molecular weight is 337 g/mol. The van der Waals surface area contributed by atoms with Gasteiger partial charge < -0.3 is 4.90 Å². The second-order valence-electron chi connectivity index (χ2n) is 4.55. The molecule has 1 aromatic rings. The standard InChI is InChI=1S/C14H13Cl4N/c1-19(2)14-8(4-3-5-11(14)17)12-9(15)6-7-10(16)13(12)18/h3-7,9,12H,1-2H3. The van der Waals surface area contributed by atoms with Gasteiger partial charge in [-0.25, -0.2) is 0 Å². The van der Waals surface area contributed by atoms with Crippen molar-refractivity contribution in [2.24, 2.45) is 0 Å². The zero-order chi connectivity index (χ0) is 14.2. The Labute approximate surface area is 133 Å². The summed E-state index contributed by atoms with van der Waals surface area (Å²) < 4.78 is 0. The minimum absolute atomic E-state index is 0.183. The summed E-state index contributed by atoms with van der Waals surface area (Å²) >= 11 is 25.1. The molecule has 0 aromatic heterocycles. The fourth-order valence-corrected chi connectivity index (χ4v) is 3.47. The summed E-state index contributed by atoms with van der Waals surface area (Å²) in [5.74, 6) is -0.183. The molecule has 0 saturated carbocycles. The van der Waals surface area contributed by atoms with Crippen molar-refractivity contribution in [1.29, 1.82) is 0 Å². The van der Waals surface area contributed by atoms with Crippen LogP contribution >= 0.6 is 46.4 Å². The van der Waals surface area contributed by atoms with E-state index in [4.69, 9.17) is 46.4 Å². The number of nitrogens with zero attached hydrogens (tertiary/aromatic N) is 1. The molecule has 2 unspecified atom stereocenters. The van der Waals surface area contributed by atoms with Gasteiger partial charge in [-0.05, 0) is 17.7 Å². The molecule has 2 atom stereocenters. The number of para-hydroxylation sites is 1. The lowest BCUT2D eigenvalue weighted by Crippen LogP contribution is -2.20. The van der Waals surface area contributed by atoms with Gasteiger partial charge in [0, 0.05) is 25.0 Å². The minimum Gasteiger partial charge on any atom is -0.376 e. The molecule has 0 spiro atoms. The van der Waals surface area contributed by atoms with Crippen LogP contribution in [-0.4, -0.2) is 19.5 Å². The van der Waals surface area contributed by atoms with E-state index in [1.165, 1.54) is 0 Å². The first kappa shape index (κ1) is 15.1. The molecular weight excluding hydrogens is 324 g/mol. The number of alkyl halides is 1. The molecule has 2 rings (SSSR count). The zero-order valence-electron chi connectivity index (χ0n) is 10.5. The maximum absolute atomic E-state index is 6.38. The van der Waals surface area contributed by atoms with E-state index in [9.17, 15) is 0 Å². The van der Waals surface area contributed by atoms with Gasteiger partial charge in [0.05, 0.1) is 21.1 Å². The third-order valence-corrected chi connectivity index (χ3v) is 4.61. The van der Waals surface area contributed by atoms with Crippen LogP contribution < -0.4 is 4.90 Å². The third kappa shape index (κ3) is 2.90. The predicted octanol–water partition coefficient (Wildman–Crippen LogP) is 5.36. The lowest BCUT2D eigenvalue weighted by atomic mass is 9.90. The quantitative estimate of drug-likeness (QED) is 0.657. The maximum atomic E-state index is 6.38. The van der Waals surface area contributed by atoms with Gasteiger partial charge in [-0.15, -0.1) is 11.6 Å². The van der Waals surface area contributed by atoms with Gasteiger partial charge >= 0.3 is 0 Å². The van der Waals surface area contributed by atoms with E-state index in [0.29, 0.717) is 15.1 Å². The summed E-state index contributed by atoms with van der Waals surface area (Å²) in [6, 6.07) is 5.72. The van der Waals surface area contributed by atoms with E-state index in [0.717, 1.165) is 11.3 Å². The third-order valence-electron chi connectivity index (χ3n) is 3.05. The summed E-state index contributed by atoms with van der Waals surface area (Å²) in [7, 11) is 3.87. The van der Waals surface area contributed by atoms with E-state index in [2.05, 4.69) is 0 Å². The number of anilines is 1. The summed E-state index contributed by atoms with van der Waals surface area (Å²) in [5.41, 5.74) is 1.89. The summed E-state index contributed by atoms with van der Waals surface area (Å²) in [6.45, 7) is 0. The van der Waals surface area contributed by atoms with Crippen molar-refractivity contribution in [1.82, 2.24) is 0 Å². The summed E-state index contributed by atoms with van der Waals surface area (Å²) in [4.78, 5) is 1.96. The predicted molar refractivity (Wildman–Crippen MR) is 86.0 cm³/mol. The van der Waals surface area contributed by atoms with E-state index in [1.807, 2.05) is 43.3 Å². The Balaban J connectivity index is 2.59. The molecule has 102 valence electrons. The van der Waals surface area contributed by atoms with Crippen LogP contribution in [0.15, 0.2) is 40.4 Å². The first-order valence-electron chi connectivity index (χ1n) is 5.76. The number of rotatable bonds is 2. The van der Waals surface area contributed by atoms with Gasteiger partial charge in [0.25, 0.3) is 0 Å². The van der Waals surface area contributed by atoms with Crippen LogP contribution in [0.4, 0.5) is 5.69 Å². The number of halogens is 4. The van der Waals surface area contributed by atoms with Crippen LogP contribution in [0.5, 0.6) is 0 Å². The highest BCUT2D eigenvalue weighted by Crippen LogP contribution is 2.45. The molecule has 0 saturated heterocycles. The molecule has 5 heteroatoms. The van der Waals surface area contributed by atoms with Gasteiger partial charge in [0.2, 0.25) is 0 Å². The van der Waals surface area contributed by atoms with E-state index in [-0.39, 0.29) is 11.3 Å². The van der Waals surface area contributed by atoms with E-state index in [1.54, 1.807) is 6.08 Å². The molecule has 0 bridgehead atoms.